The Kier molecular flexibility index (Phi) is 5.13. The molecule has 5 rings (SSSR count). The summed E-state index contributed by atoms with van der Waals surface area (Å²) < 4.78 is 7.44. The van der Waals surface area contributed by atoms with E-state index >= 15 is 0 Å². The molecule has 2 aromatic carbocycles. The molecule has 31 heavy (non-hydrogen) atoms. The van der Waals surface area contributed by atoms with Gasteiger partial charge in [-0.3, -0.25) is 14.9 Å². The highest BCUT2D eigenvalue weighted by Gasteiger charge is 2.28. The fraction of sp³-hybridized carbons (Fsp3) is 0.364. The van der Waals surface area contributed by atoms with Gasteiger partial charge in [-0.2, -0.15) is 0 Å². The lowest BCUT2D eigenvalue weighted by atomic mass is 10.0. The number of aromatic nitrogens is 2. The third kappa shape index (κ3) is 3.55. The van der Waals surface area contributed by atoms with Crippen LogP contribution in [-0.2, 0) is 17.8 Å². The first-order valence-corrected chi connectivity index (χ1v) is 10.5. The van der Waals surface area contributed by atoms with Crippen LogP contribution in [0.5, 0.6) is 0 Å². The Bertz CT molecular complexity index is 1170. The number of nitro groups is 1. The zero-order chi connectivity index (χ0) is 21.4. The van der Waals surface area contributed by atoms with Crippen LogP contribution < -0.4 is 10.6 Å². The molecule has 3 heterocycles. The Morgan fingerprint density at radius 3 is 2.77 bits per heavy atom. The summed E-state index contributed by atoms with van der Waals surface area (Å²) in [5.41, 5.74) is 2.10. The molecule has 1 saturated heterocycles. The summed E-state index contributed by atoms with van der Waals surface area (Å²) in [7, 11) is 0. The molecular weight excluding hydrogens is 398 g/mol. The molecule has 9 nitrogen and oxygen atoms in total. The van der Waals surface area contributed by atoms with Gasteiger partial charge in [-0.15, -0.1) is 0 Å². The van der Waals surface area contributed by atoms with E-state index in [1.54, 1.807) is 18.2 Å². The third-order valence-corrected chi connectivity index (χ3v) is 5.99. The summed E-state index contributed by atoms with van der Waals surface area (Å²) in [5.74, 6) is 0.483. The van der Waals surface area contributed by atoms with E-state index < -0.39 is 0 Å². The van der Waals surface area contributed by atoms with Crippen molar-refractivity contribution in [1.82, 2.24) is 20.2 Å². The molecule has 0 saturated carbocycles. The molecule has 0 aliphatic carbocycles. The molecule has 0 atom stereocenters. The zero-order valence-electron chi connectivity index (χ0n) is 17.0. The standard InChI is InChI=1S/C22H23N5O4/c28-22(24-14-7-11-31-12-8-14)20-19-13-23-9-10-26(19)21(25-20)17-5-1-4-16-15(17)3-2-6-18(16)27(29)30/h1-6,14,23H,7-13H2,(H,24,28). The molecule has 2 aliphatic heterocycles. The van der Waals surface area contributed by atoms with Gasteiger partial charge in [-0.1, -0.05) is 24.3 Å². The molecule has 1 fully saturated rings. The maximum atomic E-state index is 13.1. The van der Waals surface area contributed by atoms with Crippen molar-refractivity contribution >= 4 is 22.4 Å². The molecule has 0 unspecified atom stereocenters. The van der Waals surface area contributed by atoms with Crippen molar-refractivity contribution in [2.75, 3.05) is 19.8 Å². The number of imidazole rings is 1. The van der Waals surface area contributed by atoms with Gasteiger partial charge in [0.05, 0.1) is 16.0 Å². The number of hydrogen-bond donors (Lipinski definition) is 2. The van der Waals surface area contributed by atoms with Crippen LogP contribution in [0.1, 0.15) is 29.0 Å². The Hall–Kier alpha value is -3.30. The van der Waals surface area contributed by atoms with E-state index in [2.05, 4.69) is 15.2 Å². The van der Waals surface area contributed by atoms with Crippen molar-refractivity contribution in [3.8, 4) is 11.4 Å². The van der Waals surface area contributed by atoms with E-state index in [4.69, 9.17) is 9.72 Å². The van der Waals surface area contributed by atoms with Gasteiger partial charge in [-0.05, 0) is 24.3 Å². The summed E-state index contributed by atoms with van der Waals surface area (Å²) in [5, 5.41) is 19.2. The van der Waals surface area contributed by atoms with Crippen molar-refractivity contribution in [2.45, 2.75) is 32.0 Å². The number of hydrogen-bond acceptors (Lipinski definition) is 6. The number of nitrogens with one attached hydrogen (secondary N) is 2. The summed E-state index contributed by atoms with van der Waals surface area (Å²) in [6, 6.07) is 10.6. The Balaban J connectivity index is 1.60. The van der Waals surface area contributed by atoms with E-state index in [9.17, 15) is 14.9 Å². The highest BCUT2D eigenvalue weighted by atomic mass is 16.6. The molecule has 160 valence electrons. The number of rotatable bonds is 4. The molecule has 9 heteroatoms. The van der Waals surface area contributed by atoms with Crippen LogP contribution in [0.2, 0.25) is 0 Å². The van der Waals surface area contributed by atoms with Crippen LogP contribution in [0.15, 0.2) is 36.4 Å². The number of fused-ring (bicyclic) bond motifs is 2. The van der Waals surface area contributed by atoms with Gasteiger partial charge in [-0.25, -0.2) is 4.98 Å². The molecular formula is C22H23N5O4. The predicted octanol–water partition coefficient (Wildman–Crippen LogP) is 2.62. The van der Waals surface area contributed by atoms with Crippen molar-refractivity contribution in [3.63, 3.8) is 0 Å². The second-order valence-corrected chi connectivity index (χ2v) is 7.85. The molecule has 0 spiro atoms. The molecule has 2 N–H and O–H groups in total. The number of amides is 1. The quantitative estimate of drug-likeness (QED) is 0.495. The molecule has 2 aliphatic rings. The average molecular weight is 421 g/mol. The first-order valence-electron chi connectivity index (χ1n) is 10.5. The minimum Gasteiger partial charge on any atom is -0.381 e. The van der Waals surface area contributed by atoms with Gasteiger partial charge in [0.2, 0.25) is 0 Å². The Morgan fingerprint density at radius 1 is 1.19 bits per heavy atom. The van der Waals surface area contributed by atoms with Gasteiger partial charge in [0.15, 0.2) is 5.69 Å². The monoisotopic (exact) mass is 421 g/mol. The van der Waals surface area contributed by atoms with Crippen LogP contribution in [0.3, 0.4) is 0 Å². The first-order chi connectivity index (χ1) is 15.1. The Morgan fingerprint density at radius 2 is 1.97 bits per heavy atom. The number of benzene rings is 2. The lowest BCUT2D eigenvalue weighted by Gasteiger charge is -2.23. The molecule has 3 aromatic rings. The normalized spacial score (nSPS) is 16.8. The van der Waals surface area contributed by atoms with Crippen LogP contribution >= 0.6 is 0 Å². The van der Waals surface area contributed by atoms with Crippen LogP contribution in [0.25, 0.3) is 22.2 Å². The number of carbonyl (C=O) groups excluding carboxylic acids is 1. The summed E-state index contributed by atoms with van der Waals surface area (Å²) in [6.45, 7) is 3.28. The van der Waals surface area contributed by atoms with Crippen molar-refractivity contribution in [2.24, 2.45) is 0 Å². The van der Waals surface area contributed by atoms with Crippen molar-refractivity contribution in [3.05, 3.63) is 57.9 Å². The van der Waals surface area contributed by atoms with Crippen LogP contribution in [-0.4, -0.2) is 46.2 Å². The number of carbonyl (C=O) groups is 1. The second kappa shape index (κ2) is 8.09. The van der Waals surface area contributed by atoms with Gasteiger partial charge in [0, 0.05) is 50.5 Å². The minimum atomic E-state index is -0.371. The third-order valence-electron chi connectivity index (χ3n) is 5.99. The lowest BCUT2D eigenvalue weighted by Crippen LogP contribution is -2.40. The number of nitro benzene ring substituents is 1. The van der Waals surface area contributed by atoms with Crippen molar-refractivity contribution < 1.29 is 14.5 Å². The maximum absolute atomic E-state index is 13.1. The molecule has 0 radical (unpaired) electrons. The summed E-state index contributed by atoms with van der Waals surface area (Å²) >= 11 is 0. The second-order valence-electron chi connectivity index (χ2n) is 7.85. The Labute approximate surface area is 178 Å². The highest BCUT2D eigenvalue weighted by Crippen LogP contribution is 2.34. The first kappa shape index (κ1) is 19.7. The van der Waals surface area contributed by atoms with Gasteiger partial charge >= 0.3 is 0 Å². The predicted molar refractivity (Wildman–Crippen MR) is 115 cm³/mol. The molecule has 1 aromatic heterocycles. The van der Waals surface area contributed by atoms with Crippen LogP contribution in [0.4, 0.5) is 5.69 Å². The molecule has 1 amide bonds. The fourth-order valence-corrected chi connectivity index (χ4v) is 4.43. The summed E-state index contributed by atoms with van der Waals surface area (Å²) in [6.07, 6.45) is 1.58. The van der Waals surface area contributed by atoms with E-state index in [1.165, 1.54) is 6.07 Å². The van der Waals surface area contributed by atoms with Gasteiger partial charge in [0.1, 0.15) is 5.82 Å². The van der Waals surface area contributed by atoms with Crippen LogP contribution in [0, 0.1) is 10.1 Å². The van der Waals surface area contributed by atoms with E-state index in [-0.39, 0.29) is 22.6 Å². The minimum absolute atomic E-state index is 0.0592. The topological polar surface area (TPSA) is 111 Å². The SMILES string of the molecule is O=C(NC1CCOCC1)c1nc(-c2cccc3c([N+](=O)[O-])cccc23)n2c1CNCC2. The van der Waals surface area contributed by atoms with E-state index in [1.807, 2.05) is 12.1 Å². The average Bonchev–Trinajstić information content (AvgIpc) is 3.18. The fourth-order valence-electron chi connectivity index (χ4n) is 4.43. The van der Waals surface area contributed by atoms with Gasteiger partial charge < -0.3 is 19.9 Å². The maximum Gasteiger partial charge on any atom is 0.277 e. The number of non-ortho nitro benzene ring substituents is 1. The summed E-state index contributed by atoms with van der Waals surface area (Å²) in [4.78, 5) is 29.0. The lowest BCUT2D eigenvalue weighted by molar-refractivity contribution is -0.383. The van der Waals surface area contributed by atoms with Gasteiger partial charge in [0.25, 0.3) is 11.6 Å². The van der Waals surface area contributed by atoms with E-state index in [0.29, 0.717) is 43.2 Å². The highest BCUT2D eigenvalue weighted by molar-refractivity contribution is 6.01. The molecule has 0 bridgehead atoms. The largest absolute Gasteiger partial charge is 0.381 e. The smallest absolute Gasteiger partial charge is 0.277 e. The zero-order valence-corrected chi connectivity index (χ0v) is 17.0. The number of ether oxygens (including phenoxy) is 1. The van der Waals surface area contributed by atoms with E-state index in [0.717, 1.165) is 36.0 Å². The van der Waals surface area contributed by atoms with Crippen molar-refractivity contribution in [1.29, 1.82) is 0 Å². The number of nitrogens with zero attached hydrogens (tertiary/aromatic N) is 3.